The summed E-state index contributed by atoms with van der Waals surface area (Å²) in [4.78, 5) is 7.29. The van der Waals surface area contributed by atoms with Crippen LogP contribution in [0, 0.1) is 45.7 Å². The summed E-state index contributed by atoms with van der Waals surface area (Å²) >= 11 is 0. The Labute approximate surface area is 618 Å². The molecule has 0 saturated carbocycles. The molecule has 0 atom stereocenters. The molecule has 20 heteroatoms. The van der Waals surface area contributed by atoms with Gasteiger partial charge in [-0.1, -0.05) is 133 Å². The van der Waals surface area contributed by atoms with Gasteiger partial charge in [-0.3, -0.25) is 0 Å². The molecule has 14 nitrogen and oxygen atoms in total. The molecule has 0 aliphatic heterocycles. The fraction of sp³-hybridized carbons (Fsp3) is 0.114. The number of hydrogen-bond acceptors (Lipinski definition) is 11. The lowest BCUT2D eigenvalue weighted by Gasteiger charge is -2.32. The Hall–Kier alpha value is -13.4. The van der Waals surface area contributed by atoms with Crippen molar-refractivity contribution in [2.75, 3.05) is 49.4 Å². The van der Waals surface area contributed by atoms with Crippen molar-refractivity contribution in [3.05, 3.63) is 350 Å². The van der Waals surface area contributed by atoms with E-state index in [2.05, 4.69) is 9.80 Å². The zero-order valence-corrected chi connectivity index (χ0v) is 58.0. The second kappa shape index (κ2) is 31.9. The molecule has 15 rings (SSSR count). The molecule has 2 heterocycles. The number of para-hydroxylation sites is 4. The van der Waals surface area contributed by atoms with Gasteiger partial charge in [0.25, 0.3) is 0 Å². The Bertz CT molecular complexity index is 4840. The molecule has 0 spiro atoms. The van der Waals surface area contributed by atoms with Crippen LogP contribution in [0.3, 0.4) is 0 Å². The zero-order valence-electron chi connectivity index (χ0n) is 58.0. The van der Waals surface area contributed by atoms with E-state index < -0.39 is 45.7 Å². The first-order chi connectivity index (χ1) is 52.8. The maximum atomic E-state index is 15.1. The molecule has 0 aliphatic carbocycles. The third kappa shape index (κ3) is 16.6. The van der Waals surface area contributed by atoms with Crippen molar-refractivity contribution in [2.45, 2.75) is 13.1 Å². The molecular weight excluding hydrogens is 1380 g/mol. The number of aromatic nitrogens is 6. The van der Waals surface area contributed by atoms with Crippen LogP contribution in [0.2, 0.25) is 0 Å². The van der Waals surface area contributed by atoms with Crippen LogP contribution in [-0.2, 0) is 13.1 Å². The predicted molar refractivity (Wildman–Crippen MR) is 403 cm³/mol. The maximum Gasteiger partial charge on any atom is 0.178 e. The van der Waals surface area contributed by atoms with Crippen LogP contribution in [0.5, 0.6) is 34.5 Å². The minimum absolute atomic E-state index is 0.167. The smallest absolute Gasteiger partial charge is 0.178 e. The summed E-state index contributed by atoms with van der Waals surface area (Å²) in [7, 11) is 0. The molecule has 0 saturated heterocycles. The van der Waals surface area contributed by atoms with Crippen LogP contribution in [0.15, 0.2) is 315 Å². The molecule has 15 aromatic rings. The highest BCUT2D eigenvalue weighted by molar-refractivity contribution is 6.16. The van der Waals surface area contributed by atoms with Crippen molar-refractivity contribution >= 4 is 56.2 Å². The molecule has 13 aromatic carbocycles. The van der Waals surface area contributed by atoms with Gasteiger partial charge in [0.15, 0.2) is 6.54 Å². The van der Waals surface area contributed by atoms with Gasteiger partial charge in [0.1, 0.15) is 125 Å². The van der Waals surface area contributed by atoms with E-state index in [0.717, 1.165) is 34.1 Å². The van der Waals surface area contributed by atoms with Crippen LogP contribution in [0.25, 0.3) is 44.3 Å². The van der Waals surface area contributed by atoms with Crippen molar-refractivity contribution < 1.29 is 59.6 Å². The van der Waals surface area contributed by atoms with E-state index in [4.69, 9.17) is 48.8 Å². The Balaban J connectivity index is 0.960. The Morgan fingerprint density at radius 3 is 0.889 bits per heavy atom. The summed E-state index contributed by atoms with van der Waals surface area (Å²) < 4.78 is 130. The van der Waals surface area contributed by atoms with E-state index in [9.17, 15) is 0 Å². The summed E-state index contributed by atoms with van der Waals surface area (Å²) in [6.45, 7) is -1.79. The van der Waals surface area contributed by atoms with Crippen molar-refractivity contribution in [2.24, 2.45) is 10.8 Å². The van der Waals surface area contributed by atoms with Gasteiger partial charge in [0, 0.05) is 92.7 Å². The molecule has 0 bridgehead atoms. The van der Waals surface area contributed by atoms with E-state index in [1.165, 1.54) is 119 Å². The first-order valence-corrected chi connectivity index (χ1v) is 34.8. The van der Waals surface area contributed by atoms with Crippen molar-refractivity contribution in [3.8, 4) is 56.8 Å². The van der Waals surface area contributed by atoms with Crippen molar-refractivity contribution in [3.63, 3.8) is 0 Å². The number of rotatable bonds is 30. The molecule has 0 aliphatic rings. The van der Waals surface area contributed by atoms with E-state index in [1.54, 1.807) is 36.4 Å². The second-order valence-electron chi connectivity index (χ2n) is 26.2. The highest BCUT2D eigenvalue weighted by Crippen LogP contribution is 2.45. The zero-order chi connectivity index (χ0) is 73.8. The standard InChI is InChI=1S/C88H68F6N8O6/c89-63-19-13-33-75(47-63)103-55-87(56-104-76-34-14-20-64(90)48-76,57-105-77-35-15-21-65(91)49-77)53-99-95-83-81(61-39-43-73(44-40-61)101(69-25-5-1-6-26-69)70-27-7-2-8-28-70)84-86(82(85(83)97-99)62-41-45-74(46-42-62)102(71-29-9-3-10-30-71)72-31-11-4-12-32-72)98-100(96-84)54-88(58-106-78-36-16-22-66(92)50-78,59-107-79-37-17-23-67(93)51-79)60-108-80-38-18-24-68(94)52-80/h1-52H,53-60H2. The minimum Gasteiger partial charge on any atom is -0.493 e. The second-order valence-corrected chi connectivity index (χ2v) is 26.2. The fourth-order valence-electron chi connectivity index (χ4n) is 12.9. The topological polar surface area (TPSA) is 123 Å². The van der Waals surface area contributed by atoms with Gasteiger partial charge in [-0.05, 0) is 157 Å². The summed E-state index contributed by atoms with van der Waals surface area (Å²) in [6, 6.07) is 89.8. The summed E-state index contributed by atoms with van der Waals surface area (Å²) in [5.41, 5.74) is 6.09. The van der Waals surface area contributed by atoms with Gasteiger partial charge in [-0.15, -0.1) is 0 Å². The molecule has 2 aromatic heterocycles. The molecule has 0 fully saturated rings. The lowest BCUT2D eigenvalue weighted by atomic mass is 9.91. The fourth-order valence-corrected chi connectivity index (χ4v) is 12.9. The number of nitrogens with zero attached hydrogens (tertiary/aromatic N) is 8. The lowest BCUT2D eigenvalue weighted by molar-refractivity contribution is -0.814. The normalized spacial score (nSPS) is 11.5. The monoisotopic (exact) mass is 1450 g/mol. The molecule has 0 N–H and O–H groups in total. The van der Waals surface area contributed by atoms with Gasteiger partial charge in [0.2, 0.25) is 0 Å². The first-order valence-electron chi connectivity index (χ1n) is 34.8. The van der Waals surface area contributed by atoms with E-state index >= 15 is 26.3 Å². The molecule has 538 valence electrons. The highest BCUT2D eigenvalue weighted by atomic mass is 19.1. The quantitative estimate of drug-likeness (QED) is 0.0314. The predicted octanol–water partition coefficient (Wildman–Crippen LogP) is 19.8. The number of ether oxygens (including phenoxy) is 6. The highest BCUT2D eigenvalue weighted by Gasteiger charge is 2.41. The van der Waals surface area contributed by atoms with Crippen LogP contribution in [-0.4, -0.2) is 59.7 Å². The van der Waals surface area contributed by atoms with E-state index in [1.807, 2.05) is 170 Å². The minimum atomic E-state index is -1.38. The molecule has 0 amide bonds. The maximum absolute atomic E-state index is 15.1. The third-order valence-corrected chi connectivity index (χ3v) is 18.1. The summed E-state index contributed by atoms with van der Waals surface area (Å²) in [5, 5.41) is 22.0. The number of halogens is 6. The average Bonchev–Trinajstić information content (AvgIpc) is 1.56. The Morgan fingerprint density at radius 1 is 0.306 bits per heavy atom. The van der Waals surface area contributed by atoms with Crippen LogP contribution < -0.4 is 48.1 Å². The third-order valence-electron chi connectivity index (χ3n) is 18.1. The van der Waals surface area contributed by atoms with Gasteiger partial charge in [-0.2, -0.15) is 30.0 Å². The van der Waals surface area contributed by atoms with E-state index in [-0.39, 0.29) is 87.2 Å². The van der Waals surface area contributed by atoms with Crippen LogP contribution in [0.1, 0.15) is 0 Å². The first kappa shape index (κ1) is 70.3. The molecular formula is C88H68F6N8O6. The van der Waals surface area contributed by atoms with Gasteiger partial charge in [-0.25, -0.2) is 26.3 Å². The largest absolute Gasteiger partial charge is 0.493 e. The van der Waals surface area contributed by atoms with Crippen LogP contribution in [0.4, 0.5) is 60.5 Å². The SMILES string of the molecule is Fc1cccc(OCC(COc2cccc(F)c2)(COc2cccc(F)c2)Cn2nc3c(-c4ccc(N(c5ccccc5)c5ccccc5)cc4)c4n[n+](CC(COc5cccc(F)c5)(COc5cccc(F)c5)COc5cccc(F)c5)[n-]c4c(-c4ccc(N(c5ccccc5)c5ccccc5)cc4)c3n2)c1. The van der Waals surface area contributed by atoms with Gasteiger partial charge >= 0.3 is 0 Å². The number of benzene rings is 13. The number of anilines is 6. The number of fused-ring (bicyclic) bond motifs is 2. The van der Waals surface area contributed by atoms with Gasteiger partial charge < -0.3 is 38.2 Å². The van der Waals surface area contributed by atoms with Crippen LogP contribution >= 0.6 is 0 Å². The molecule has 0 unspecified atom stereocenters. The van der Waals surface area contributed by atoms with Crippen molar-refractivity contribution in [1.82, 2.24) is 25.2 Å². The molecule has 0 radical (unpaired) electrons. The van der Waals surface area contributed by atoms with E-state index in [0.29, 0.717) is 44.3 Å². The number of hydrogen-bond donors (Lipinski definition) is 0. The summed E-state index contributed by atoms with van der Waals surface area (Å²) in [6.07, 6.45) is 0. The van der Waals surface area contributed by atoms with Gasteiger partial charge in [0.05, 0.1) is 12.0 Å². The van der Waals surface area contributed by atoms with Crippen molar-refractivity contribution in [1.29, 1.82) is 0 Å². The molecule has 108 heavy (non-hydrogen) atoms. The Morgan fingerprint density at radius 2 is 0.583 bits per heavy atom. The lowest BCUT2D eigenvalue weighted by Crippen LogP contribution is -2.55. The Kier molecular flexibility index (Phi) is 20.8. The summed E-state index contributed by atoms with van der Waals surface area (Å²) in [5.74, 6) is -2.23. The average molecular weight is 1450 g/mol.